The number of fused-ring (bicyclic) bond motifs is 1. The molecular weight excluding hydrogens is 276 g/mol. The number of para-hydroxylation sites is 1. The number of hydrogen-bond donors (Lipinski definition) is 1. The molecule has 5 heteroatoms. The van der Waals surface area contributed by atoms with E-state index in [2.05, 4.69) is 0 Å². The van der Waals surface area contributed by atoms with Crippen LogP contribution in [0.15, 0.2) is 48.7 Å². The Morgan fingerprint density at radius 1 is 1.14 bits per heavy atom. The maximum Gasteiger partial charge on any atom is 0.337 e. The Morgan fingerprint density at radius 2 is 1.95 bits per heavy atom. The van der Waals surface area contributed by atoms with E-state index in [1.54, 1.807) is 29.0 Å². The summed E-state index contributed by atoms with van der Waals surface area (Å²) in [6.07, 6.45) is 1.67. The van der Waals surface area contributed by atoms with Gasteiger partial charge in [-0.05, 0) is 30.3 Å². The molecule has 3 nitrogen and oxygen atoms in total. The highest BCUT2D eigenvalue weighted by Crippen LogP contribution is 2.22. The molecule has 0 saturated carbocycles. The lowest BCUT2D eigenvalue weighted by molar-refractivity contribution is 0.0698. The lowest BCUT2D eigenvalue weighted by Gasteiger charge is -2.09. The molecular formula is C16H11F2NO2. The maximum atomic E-state index is 13.7. The van der Waals surface area contributed by atoms with Crippen LogP contribution in [0.4, 0.5) is 8.78 Å². The predicted octanol–water partition coefficient (Wildman–Crippen LogP) is 3.67. The van der Waals surface area contributed by atoms with Crippen molar-refractivity contribution in [1.82, 2.24) is 4.57 Å². The summed E-state index contributed by atoms with van der Waals surface area (Å²) >= 11 is 0. The SMILES string of the molecule is O=C(O)c1cccc2ccn(Cc3cc(F)ccc3F)c12. The van der Waals surface area contributed by atoms with E-state index in [0.717, 1.165) is 23.6 Å². The van der Waals surface area contributed by atoms with Crippen molar-refractivity contribution in [1.29, 1.82) is 0 Å². The number of aromatic nitrogens is 1. The number of carbonyl (C=O) groups is 1. The zero-order valence-electron chi connectivity index (χ0n) is 10.9. The molecule has 0 aliphatic rings. The van der Waals surface area contributed by atoms with E-state index in [1.807, 2.05) is 0 Å². The number of rotatable bonds is 3. The number of carboxylic acid groups (broad SMARTS) is 1. The summed E-state index contributed by atoms with van der Waals surface area (Å²) in [5.41, 5.74) is 0.802. The fraction of sp³-hybridized carbons (Fsp3) is 0.0625. The van der Waals surface area contributed by atoms with Crippen molar-refractivity contribution in [3.05, 3.63) is 71.4 Å². The average molecular weight is 287 g/mol. The summed E-state index contributed by atoms with van der Waals surface area (Å²) in [5.74, 6) is -2.10. The van der Waals surface area contributed by atoms with Gasteiger partial charge in [0, 0.05) is 17.1 Å². The summed E-state index contributed by atoms with van der Waals surface area (Å²) in [5, 5.41) is 9.99. The number of benzene rings is 2. The highest BCUT2D eigenvalue weighted by molar-refractivity contribution is 6.02. The van der Waals surface area contributed by atoms with E-state index in [0.29, 0.717) is 5.52 Å². The molecule has 0 aliphatic heterocycles. The minimum absolute atomic E-state index is 0.0669. The predicted molar refractivity (Wildman–Crippen MR) is 74.4 cm³/mol. The quantitative estimate of drug-likeness (QED) is 0.798. The van der Waals surface area contributed by atoms with E-state index >= 15 is 0 Å². The number of carboxylic acids is 1. The van der Waals surface area contributed by atoms with Gasteiger partial charge in [0.1, 0.15) is 11.6 Å². The smallest absolute Gasteiger partial charge is 0.337 e. The van der Waals surface area contributed by atoms with Crippen molar-refractivity contribution in [3.8, 4) is 0 Å². The zero-order chi connectivity index (χ0) is 15.0. The molecule has 0 spiro atoms. The molecule has 1 N–H and O–H groups in total. The highest BCUT2D eigenvalue weighted by Gasteiger charge is 2.13. The summed E-state index contributed by atoms with van der Waals surface area (Å²) in [7, 11) is 0. The molecule has 3 rings (SSSR count). The first-order chi connectivity index (χ1) is 10.1. The first kappa shape index (κ1) is 13.3. The molecule has 1 heterocycles. The summed E-state index contributed by atoms with van der Waals surface area (Å²) < 4.78 is 28.6. The fourth-order valence-corrected chi connectivity index (χ4v) is 2.41. The van der Waals surface area contributed by atoms with Crippen LogP contribution in [0.25, 0.3) is 10.9 Å². The second kappa shape index (κ2) is 5.01. The minimum Gasteiger partial charge on any atom is -0.478 e. The molecule has 2 aromatic carbocycles. The molecule has 0 saturated heterocycles. The van der Waals surface area contributed by atoms with Crippen molar-refractivity contribution in [2.45, 2.75) is 6.54 Å². The van der Waals surface area contributed by atoms with E-state index in [-0.39, 0.29) is 17.7 Å². The van der Waals surface area contributed by atoms with E-state index in [4.69, 9.17) is 0 Å². The van der Waals surface area contributed by atoms with Gasteiger partial charge in [-0.2, -0.15) is 0 Å². The molecule has 0 unspecified atom stereocenters. The Balaban J connectivity index is 2.13. The van der Waals surface area contributed by atoms with Gasteiger partial charge in [-0.25, -0.2) is 13.6 Å². The van der Waals surface area contributed by atoms with Crippen molar-refractivity contribution in [2.75, 3.05) is 0 Å². The first-order valence-electron chi connectivity index (χ1n) is 6.31. The second-order valence-corrected chi connectivity index (χ2v) is 4.73. The number of halogens is 2. The third-order valence-corrected chi connectivity index (χ3v) is 3.37. The Bertz CT molecular complexity index is 839. The minimum atomic E-state index is -1.06. The topological polar surface area (TPSA) is 42.2 Å². The monoisotopic (exact) mass is 287 g/mol. The first-order valence-corrected chi connectivity index (χ1v) is 6.31. The third-order valence-electron chi connectivity index (χ3n) is 3.37. The van der Waals surface area contributed by atoms with Crippen molar-refractivity contribution in [3.63, 3.8) is 0 Å². The molecule has 3 aromatic rings. The van der Waals surface area contributed by atoms with E-state index < -0.39 is 17.6 Å². The molecule has 106 valence electrons. The van der Waals surface area contributed by atoms with Gasteiger partial charge in [0.2, 0.25) is 0 Å². The molecule has 21 heavy (non-hydrogen) atoms. The molecule has 0 amide bonds. The summed E-state index contributed by atoms with van der Waals surface area (Å²) in [4.78, 5) is 11.3. The Kier molecular flexibility index (Phi) is 3.17. The van der Waals surface area contributed by atoms with Crippen LogP contribution in [0, 0.1) is 11.6 Å². The maximum absolute atomic E-state index is 13.7. The Morgan fingerprint density at radius 3 is 2.71 bits per heavy atom. The van der Waals surface area contributed by atoms with Gasteiger partial charge in [-0.1, -0.05) is 12.1 Å². The lowest BCUT2D eigenvalue weighted by Crippen LogP contribution is -2.05. The standard InChI is InChI=1S/C16H11F2NO2/c17-12-4-5-14(18)11(8-12)9-19-7-6-10-2-1-3-13(15(10)19)16(20)21/h1-8H,9H2,(H,20,21). The molecule has 0 atom stereocenters. The van der Waals surface area contributed by atoms with Crippen molar-refractivity contribution in [2.24, 2.45) is 0 Å². The number of nitrogens with zero attached hydrogens (tertiary/aromatic N) is 1. The largest absolute Gasteiger partial charge is 0.478 e. The van der Waals surface area contributed by atoms with Gasteiger partial charge in [0.15, 0.2) is 0 Å². The lowest BCUT2D eigenvalue weighted by atomic mass is 10.1. The molecule has 0 fully saturated rings. The fourth-order valence-electron chi connectivity index (χ4n) is 2.41. The van der Waals surface area contributed by atoms with Crippen LogP contribution in [-0.4, -0.2) is 15.6 Å². The average Bonchev–Trinajstić information content (AvgIpc) is 2.86. The van der Waals surface area contributed by atoms with Crippen LogP contribution in [-0.2, 0) is 6.54 Å². The van der Waals surface area contributed by atoms with Gasteiger partial charge >= 0.3 is 5.97 Å². The van der Waals surface area contributed by atoms with Gasteiger partial charge in [0.25, 0.3) is 0 Å². The summed E-state index contributed by atoms with van der Waals surface area (Å²) in [6.45, 7) is 0.0669. The van der Waals surface area contributed by atoms with Crippen LogP contribution in [0.2, 0.25) is 0 Å². The number of hydrogen-bond acceptors (Lipinski definition) is 1. The van der Waals surface area contributed by atoms with Crippen LogP contribution < -0.4 is 0 Å². The van der Waals surface area contributed by atoms with Crippen LogP contribution in [0.5, 0.6) is 0 Å². The molecule has 1 aromatic heterocycles. The number of aromatic carboxylic acids is 1. The molecule has 0 radical (unpaired) electrons. The normalized spacial score (nSPS) is 11.0. The van der Waals surface area contributed by atoms with Gasteiger partial charge < -0.3 is 9.67 Å². The van der Waals surface area contributed by atoms with Crippen LogP contribution in [0.3, 0.4) is 0 Å². The van der Waals surface area contributed by atoms with E-state index in [9.17, 15) is 18.7 Å². The van der Waals surface area contributed by atoms with Gasteiger partial charge in [0.05, 0.1) is 17.6 Å². The molecule has 0 aliphatic carbocycles. The second-order valence-electron chi connectivity index (χ2n) is 4.73. The van der Waals surface area contributed by atoms with Crippen molar-refractivity contribution < 1.29 is 18.7 Å². The zero-order valence-corrected chi connectivity index (χ0v) is 10.9. The molecule has 0 bridgehead atoms. The highest BCUT2D eigenvalue weighted by atomic mass is 19.1. The van der Waals surface area contributed by atoms with E-state index in [1.165, 1.54) is 6.07 Å². The van der Waals surface area contributed by atoms with Crippen LogP contribution in [0.1, 0.15) is 15.9 Å². The summed E-state index contributed by atoms with van der Waals surface area (Å²) in [6, 6.07) is 9.90. The third kappa shape index (κ3) is 2.38. The Labute approximate surface area is 119 Å². The van der Waals surface area contributed by atoms with Crippen molar-refractivity contribution >= 4 is 16.9 Å². The van der Waals surface area contributed by atoms with Crippen LogP contribution >= 0.6 is 0 Å². The Hall–Kier alpha value is -2.69. The van der Waals surface area contributed by atoms with Gasteiger partial charge in [-0.15, -0.1) is 0 Å². The van der Waals surface area contributed by atoms with Gasteiger partial charge in [-0.3, -0.25) is 0 Å².